The van der Waals surface area contributed by atoms with E-state index in [-0.39, 0.29) is 0 Å². The minimum Gasteiger partial charge on any atom is -0.399 e. The van der Waals surface area contributed by atoms with Crippen molar-refractivity contribution in [1.29, 1.82) is 0 Å². The second-order valence-corrected chi connectivity index (χ2v) is 3.39. The molecule has 0 aliphatic rings. The fourth-order valence-corrected chi connectivity index (χ4v) is 1.34. The summed E-state index contributed by atoms with van der Waals surface area (Å²) in [5, 5.41) is 6.02. The van der Waals surface area contributed by atoms with Gasteiger partial charge in [-0.2, -0.15) is 0 Å². The number of rotatable bonds is 3. The van der Waals surface area contributed by atoms with E-state index >= 15 is 0 Å². The number of benzene rings is 2. The minimum atomic E-state index is 0.419. The van der Waals surface area contributed by atoms with Gasteiger partial charge in [-0.1, -0.05) is 0 Å². The van der Waals surface area contributed by atoms with Gasteiger partial charge in [0.25, 0.3) is 0 Å². The lowest BCUT2D eigenvalue weighted by atomic mass is 10.2. The number of nitroso groups, excluding NO2 is 1. The number of nitrogen functional groups attached to an aromatic ring is 1. The Morgan fingerprint density at radius 2 is 1.38 bits per heavy atom. The smallest absolute Gasteiger partial charge is 0.108 e. The molecule has 4 heteroatoms. The Hall–Kier alpha value is -2.36. The van der Waals surface area contributed by atoms with E-state index in [1.165, 1.54) is 0 Å². The summed E-state index contributed by atoms with van der Waals surface area (Å²) >= 11 is 0. The first-order valence-electron chi connectivity index (χ1n) is 4.84. The summed E-state index contributed by atoms with van der Waals surface area (Å²) < 4.78 is 0. The van der Waals surface area contributed by atoms with Gasteiger partial charge in [0.1, 0.15) is 5.69 Å². The predicted molar refractivity (Wildman–Crippen MR) is 66.0 cm³/mol. The summed E-state index contributed by atoms with van der Waals surface area (Å²) in [6.45, 7) is 0. The third-order valence-corrected chi connectivity index (χ3v) is 2.17. The number of nitrogens with zero attached hydrogens (tertiary/aromatic N) is 1. The summed E-state index contributed by atoms with van der Waals surface area (Å²) in [5.41, 5.74) is 8.58. The van der Waals surface area contributed by atoms with E-state index < -0.39 is 0 Å². The maximum atomic E-state index is 10.2. The van der Waals surface area contributed by atoms with Crippen LogP contribution in [0, 0.1) is 4.91 Å². The third kappa shape index (κ3) is 2.36. The predicted octanol–water partition coefficient (Wildman–Crippen LogP) is 3.41. The molecular formula is C12H11N3O. The molecule has 2 rings (SSSR count). The van der Waals surface area contributed by atoms with E-state index in [1.807, 2.05) is 24.3 Å². The van der Waals surface area contributed by atoms with Crippen LogP contribution in [-0.4, -0.2) is 0 Å². The molecule has 4 nitrogen and oxygen atoms in total. The number of nitrogens with two attached hydrogens (primary N) is 1. The lowest BCUT2D eigenvalue weighted by Gasteiger charge is -2.06. The van der Waals surface area contributed by atoms with Gasteiger partial charge in [0, 0.05) is 17.1 Å². The molecule has 0 bridgehead atoms. The molecule has 0 saturated heterocycles. The molecule has 0 heterocycles. The van der Waals surface area contributed by atoms with Crippen LogP contribution in [0.2, 0.25) is 0 Å². The Kier molecular flexibility index (Phi) is 2.82. The van der Waals surface area contributed by atoms with Crippen molar-refractivity contribution in [2.75, 3.05) is 11.1 Å². The molecule has 3 N–H and O–H groups in total. The number of nitrogens with one attached hydrogen (secondary N) is 1. The molecule has 0 aliphatic carbocycles. The van der Waals surface area contributed by atoms with Gasteiger partial charge in [0.2, 0.25) is 0 Å². The minimum absolute atomic E-state index is 0.419. The highest BCUT2D eigenvalue weighted by molar-refractivity contribution is 5.63. The maximum Gasteiger partial charge on any atom is 0.108 e. The van der Waals surface area contributed by atoms with Gasteiger partial charge >= 0.3 is 0 Å². The fourth-order valence-electron chi connectivity index (χ4n) is 1.34. The van der Waals surface area contributed by atoms with Crippen LogP contribution in [-0.2, 0) is 0 Å². The third-order valence-electron chi connectivity index (χ3n) is 2.17. The highest BCUT2D eigenvalue weighted by atomic mass is 16.3. The topological polar surface area (TPSA) is 67.5 Å². The summed E-state index contributed by atoms with van der Waals surface area (Å²) in [6.07, 6.45) is 0. The van der Waals surface area contributed by atoms with Gasteiger partial charge in [-0.05, 0) is 53.7 Å². The van der Waals surface area contributed by atoms with Gasteiger partial charge in [0.15, 0.2) is 0 Å². The van der Waals surface area contributed by atoms with E-state index in [4.69, 9.17) is 5.73 Å². The van der Waals surface area contributed by atoms with E-state index in [1.54, 1.807) is 24.3 Å². The summed E-state index contributed by atoms with van der Waals surface area (Å²) in [5.74, 6) is 0. The molecule has 2 aromatic rings. The Morgan fingerprint density at radius 1 is 0.875 bits per heavy atom. The molecular weight excluding hydrogens is 202 g/mol. The van der Waals surface area contributed by atoms with Gasteiger partial charge in [-0.15, -0.1) is 4.91 Å². The van der Waals surface area contributed by atoms with Crippen LogP contribution in [0.15, 0.2) is 53.7 Å². The normalized spacial score (nSPS) is 9.75. The molecule has 0 fully saturated rings. The van der Waals surface area contributed by atoms with Crippen molar-refractivity contribution in [3.05, 3.63) is 53.4 Å². The van der Waals surface area contributed by atoms with Crippen LogP contribution in [0.5, 0.6) is 0 Å². The average molecular weight is 213 g/mol. The Labute approximate surface area is 93.1 Å². The van der Waals surface area contributed by atoms with Crippen molar-refractivity contribution in [2.24, 2.45) is 5.18 Å². The fraction of sp³-hybridized carbons (Fsp3) is 0. The van der Waals surface area contributed by atoms with Crippen molar-refractivity contribution < 1.29 is 0 Å². The first kappa shape index (κ1) is 10.2. The van der Waals surface area contributed by atoms with Crippen molar-refractivity contribution in [3.8, 4) is 0 Å². The lowest BCUT2D eigenvalue weighted by Crippen LogP contribution is -1.90. The summed E-state index contributed by atoms with van der Waals surface area (Å²) in [7, 11) is 0. The van der Waals surface area contributed by atoms with Gasteiger partial charge < -0.3 is 11.1 Å². The highest BCUT2D eigenvalue weighted by Crippen LogP contribution is 2.20. The van der Waals surface area contributed by atoms with Crippen LogP contribution >= 0.6 is 0 Å². The van der Waals surface area contributed by atoms with Crippen molar-refractivity contribution in [2.45, 2.75) is 0 Å². The monoisotopic (exact) mass is 213 g/mol. The molecule has 0 saturated carbocycles. The molecule has 0 spiro atoms. The lowest BCUT2D eigenvalue weighted by molar-refractivity contribution is 1.48. The number of anilines is 3. The highest BCUT2D eigenvalue weighted by Gasteiger charge is 1.95. The maximum absolute atomic E-state index is 10.2. The van der Waals surface area contributed by atoms with Crippen LogP contribution in [0.25, 0.3) is 0 Å². The second kappa shape index (κ2) is 4.44. The van der Waals surface area contributed by atoms with Crippen LogP contribution < -0.4 is 11.1 Å². The van der Waals surface area contributed by atoms with Crippen molar-refractivity contribution in [3.63, 3.8) is 0 Å². The van der Waals surface area contributed by atoms with E-state index in [2.05, 4.69) is 10.5 Å². The number of hydrogen-bond donors (Lipinski definition) is 2. The summed E-state index contributed by atoms with van der Waals surface area (Å²) in [4.78, 5) is 10.2. The molecule has 0 unspecified atom stereocenters. The largest absolute Gasteiger partial charge is 0.399 e. The molecule has 16 heavy (non-hydrogen) atoms. The van der Waals surface area contributed by atoms with Crippen LogP contribution in [0.4, 0.5) is 22.7 Å². The van der Waals surface area contributed by atoms with Crippen LogP contribution in [0.3, 0.4) is 0 Å². The molecule has 0 aromatic heterocycles. The van der Waals surface area contributed by atoms with E-state index in [0.717, 1.165) is 17.1 Å². The van der Waals surface area contributed by atoms with Crippen molar-refractivity contribution in [1.82, 2.24) is 0 Å². The first-order valence-corrected chi connectivity index (χ1v) is 4.84. The van der Waals surface area contributed by atoms with Gasteiger partial charge in [-0.3, -0.25) is 0 Å². The average Bonchev–Trinajstić information content (AvgIpc) is 2.33. The van der Waals surface area contributed by atoms with Gasteiger partial charge in [0.05, 0.1) is 0 Å². The zero-order valence-electron chi connectivity index (χ0n) is 8.55. The zero-order valence-corrected chi connectivity index (χ0v) is 8.55. The molecule has 0 amide bonds. The first-order chi connectivity index (χ1) is 7.78. The van der Waals surface area contributed by atoms with E-state index in [0.29, 0.717) is 5.69 Å². The second-order valence-electron chi connectivity index (χ2n) is 3.39. The van der Waals surface area contributed by atoms with Gasteiger partial charge in [-0.25, -0.2) is 0 Å². The Bertz CT molecular complexity index is 477. The molecule has 2 aromatic carbocycles. The zero-order chi connectivity index (χ0) is 11.4. The quantitative estimate of drug-likeness (QED) is 0.606. The Balaban J connectivity index is 2.14. The standard InChI is InChI=1S/C12H11N3O/c13-9-1-3-10(4-2-9)14-11-5-7-12(15-16)8-6-11/h1-8,14H,13H2. The SMILES string of the molecule is Nc1ccc(Nc2ccc(N=O)cc2)cc1. The summed E-state index contributed by atoms with van der Waals surface area (Å²) in [6, 6.07) is 14.3. The number of hydrogen-bond acceptors (Lipinski definition) is 4. The van der Waals surface area contributed by atoms with Crippen LogP contribution in [0.1, 0.15) is 0 Å². The molecule has 0 aliphatic heterocycles. The van der Waals surface area contributed by atoms with E-state index in [9.17, 15) is 4.91 Å². The molecule has 80 valence electrons. The molecule has 0 radical (unpaired) electrons. The Morgan fingerprint density at radius 3 is 1.88 bits per heavy atom. The molecule has 0 atom stereocenters. The van der Waals surface area contributed by atoms with Crippen molar-refractivity contribution >= 4 is 22.7 Å².